The predicted molar refractivity (Wildman–Crippen MR) is 67.7 cm³/mol. The molecule has 2 atom stereocenters. The number of nitrogens with one attached hydrogen (secondary N) is 1. The van der Waals surface area contributed by atoms with Crippen molar-refractivity contribution >= 4 is 12.4 Å². The van der Waals surface area contributed by atoms with Crippen molar-refractivity contribution in [3.63, 3.8) is 0 Å². The fourth-order valence-corrected chi connectivity index (χ4v) is 2.72. The molecule has 2 fully saturated rings. The first-order chi connectivity index (χ1) is 6.75. The van der Waals surface area contributed by atoms with Crippen LogP contribution in [-0.4, -0.2) is 36.6 Å². The lowest BCUT2D eigenvalue weighted by Gasteiger charge is -2.39. The summed E-state index contributed by atoms with van der Waals surface area (Å²) in [6.07, 6.45) is 5.90. The Bertz CT molecular complexity index is 182. The topological polar surface area (TPSA) is 15.3 Å². The van der Waals surface area contributed by atoms with Crippen LogP contribution < -0.4 is 5.32 Å². The highest BCUT2D eigenvalue weighted by Crippen LogP contribution is 2.31. The van der Waals surface area contributed by atoms with Crippen LogP contribution in [0.5, 0.6) is 0 Å². The number of piperazine rings is 1. The van der Waals surface area contributed by atoms with Gasteiger partial charge in [0.05, 0.1) is 0 Å². The minimum absolute atomic E-state index is 0. The Morgan fingerprint density at radius 3 is 2.67 bits per heavy atom. The van der Waals surface area contributed by atoms with Gasteiger partial charge in [-0.15, -0.1) is 12.4 Å². The van der Waals surface area contributed by atoms with Gasteiger partial charge >= 0.3 is 0 Å². The SMILES string of the molecule is CC(CC1CCC1)N1CCN[C@H](C)C1.Cl. The molecule has 2 nitrogen and oxygen atoms in total. The molecule has 1 N–H and O–H groups in total. The van der Waals surface area contributed by atoms with Crippen molar-refractivity contribution in [1.82, 2.24) is 10.2 Å². The molecule has 1 aliphatic heterocycles. The maximum Gasteiger partial charge on any atom is 0.0167 e. The summed E-state index contributed by atoms with van der Waals surface area (Å²) in [5.41, 5.74) is 0. The summed E-state index contributed by atoms with van der Waals surface area (Å²) in [5, 5.41) is 3.51. The first kappa shape index (κ1) is 13.3. The second-order valence-electron chi connectivity index (χ2n) is 5.23. The quantitative estimate of drug-likeness (QED) is 0.803. The van der Waals surface area contributed by atoms with Crippen LogP contribution in [0.4, 0.5) is 0 Å². The molecule has 1 aliphatic carbocycles. The van der Waals surface area contributed by atoms with Gasteiger partial charge in [0.15, 0.2) is 0 Å². The second-order valence-corrected chi connectivity index (χ2v) is 5.23. The number of nitrogens with zero attached hydrogens (tertiary/aromatic N) is 1. The van der Waals surface area contributed by atoms with Gasteiger partial charge in [-0.1, -0.05) is 19.3 Å². The molecule has 0 bridgehead atoms. The third-order valence-electron chi connectivity index (χ3n) is 3.92. The van der Waals surface area contributed by atoms with Crippen LogP contribution in [0, 0.1) is 5.92 Å². The van der Waals surface area contributed by atoms with E-state index in [0.717, 1.165) is 12.0 Å². The van der Waals surface area contributed by atoms with E-state index in [0.29, 0.717) is 6.04 Å². The van der Waals surface area contributed by atoms with Crippen LogP contribution in [0.3, 0.4) is 0 Å². The lowest BCUT2D eigenvalue weighted by molar-refractivity contribution is 0.122. The summed E-state index contributed by atoms with van der Waals surface area (Å²) < 4.78 is 0. The van der Waals surface area contributed by atoms with E-state index in [9.17, 15) is 0 Å². The molecule has 1 saturated heterocycles. The molecule has 15 heavy (non-hydrogen) atoms. The highest BCUT2D eigenvalue weighted by atomic mass is 35.5. The molecule has 90 valence electrons. The minimum Gasteiger partial charge on any atom is -0.312 e. The first-order valence-electron chi connectivity index (χ1n) is 6.23. The van der Waals surface area contributed by atoms with E-state index in [1.165, 1.54) is 45.3 Å². The molecule has 0 aromatic rings. The molecule has 2 rings (SSSR count). The summed E-state index contributed by atoms with van der Waals surface area (Å²) in [5.74, 6) is 1.05. The summed E-state index contributed by atoms with van der Waals surface area (Å²) in [4.78, 5) is 2.67. The van der Waals surface area contributed by atoms with Crippen molar-refractivity contribution in [3.8, 4) is 0 Å². The minimum atomic E-state index is 0. The van der Waals surface area contributed by atoms with Gasteiger partial charge in [-0.05, 0) is 26.2 Å². The summed E-state index contributed by atoms with van der Waals surface area (Å²) >= 11 is 0. The zero-order valence-corrected chi connectivity index (χ0v) is 10.9. The molecule has 0 radical (unpaired) electrons. The molecule has 1 unspecified atom stereocenters. The molecule has 0 amide bonds. The van der Waals surface area contributed by atoms with Crippen molar-refractivity contribution < 1.29 is 0 Å². The summed E-state index contributed by atoms with van der Waals surface area (Å²) in [7, 11) is 0. The Balaban J connectivity index is 0.00000112. The maximum absolute atomic E-state index is 3.51. The Morgan fingerprint density at radius 1 is 1.40 bits per heavy atom. The van der Waals surface area contributed by atoms with E-state index in [4.69, 9.17) is 0 Å². The van der Waals surface area contributed by atoms with Crippen LogP contribution in [0.15, 0.2) is 0 Å². The van der Waals surface area contributed by atoms with Crippen LogP contribution in [0.1, 0.15) is 39.5 Å². The van der Waals surface area contributed by atoms with Crippen molar-refractivity contribution in [2.75, 3.05) is 19.6 Å². The highest BCUT2D eigenvalue weighted by molar-refractivity contribution is 5.85. The zero-order chi connectivity index (χ0) is 9.97. The normalized spacial score (nSPS) is 30.4. The molecule has 0 spiro atoms. The van der Waals surface area contributed by atoms with Gasteiger partial charge in [-0.25, -0.2) is 0 Å². The fraction of sp³-hybridized carbons (Fsp3) is 1.00. The molecule has 1 saturated carbocycles. The second kappa shape index (κ2) is 6.07. The summed E-state index contributed by atoms with van der Waals surface area (Å²) in [6.45, 7) is 8.38. The first-order valence-corrected chi connectivity index (χ1v) is 6.23. The molecular formula is C12H25ClN2. The van der Waals surface area contributed by atoms with Crippen LogP contribution in [0.25, 0.3) is 0 Å². The van der Waals surface area contributed by atoms with Gasteiger partial charge in [0.1, 0.15) is 0 Å². The van der Waals surface area contributed by atoms with Crippen LogP contribution in [-0.2, 0) is 0 Å². The monoisotopic (exact) mass is 232 g/mol. The maximum atomic E-state index is 3.51. The van der Waals surface area contributed by atoms with Crippen molar-refractivity contribution in [2.24, 2.45) is 5.92 Å². The van der Waals surface area contributed by atoms with Crippen molar-refractivity contribution in [1.29, 1.82) is 0 Å². The Labute approximate surface area is 100 Å². The highest BCUT2D eigenvalue weighted by Gasteiger charge is 2.25. The Morgan fingerprint density at radius 2 is 2.13 bits per heavy atom. The number of halogens is 1. The molecule has 0 aromatic carbocycles. The van der Waals surface area contributed by atoms with Crippen LogP contribution >= 0.6 is 12.4 Å². The van der Waals surface area contributed by atoms with Gasteiger partial charge in [0.25, 0.3) is 0 Å². The third kappa shape index (κ3) is 3.61. The number of hydrogen-bond acceptors (Lipinski definition) is 2. The van der Waals surface area contributed by atoms with Gasteiger partial charge < -0.3 is 5.32 Å². The molecule has 1 heterocycles. The standard InChI is InChI=1S/C12H24N2.ClH/c1-10-9-14(7-6-13-10)11(2)8-12-4-3-5-12;/h10-13H,3-9H2,1-2H3;1H/t10-,11?;/m1./s1. The van der Waals surface area contributed by atoms with E-state index in [1.54, 1.807) is 0 Å². The van der Waals surface area contributed by atoms with Gasteiger partial charge in [0, 0.05) is 31.7 Å². The number of rotatable bonds is 3. The summed E-state index contributed by atoms with van der Waals surface area (Å²) in [6, 6.07) is 1.50. The lowest BCUT2D eigenvalue weighted by atomic mass is 9.81. The van der Waals surface area contributed by atoms with Gasteiger partial charge in [-0.2, -0.15) is 0 Å². The van der Waals surface area contributed by atoms with Crippen molar-refractivity contribution in [2.45, 2.75) is 51.6 Å². The Kier molecular flexibility index (Phi) is 5.37. The molecule has 3 heteroatoms. The van der Waals surface area contributed by atoms with E-state index < -0.39 is 0 Å². The van der Waals surface area contributed by atoms with Crippen molar-refractivity contribution in [3.05, 3.63) is 0 Å². The zero-order valence-electron chi connectivity index (χ0n) is 10.0. The number of hydrogen-bond donors (Lipinski definition) is 1. The van der Waals surface area contributed by atoms with E-state index >= 15 is 0 Å². The van der Waals surface area contributed by atoms with E-state index in [1.807, 2.05) is 0 Å². The largest absolute Gasteiger partial charge is 0.312 e. The third-order valence-corrected chi connectivity index (χ3v) is 3.92. The average molecular weight is 233 g/mol. The fourth-order valence-electron chi connectivity index (χ4n) is 2.72. The molecule has 2 aliphatic rings. The Hall–Kier alpha value is 0.210. The van der Waals surface area contributed by atoms with Gasteiger partial charge in [0.2, 0.25) is 0 Å². The molecular weight excluding hydrogens is 208 g/mol. The van der Waals surface area contributed by atoms with E-state index in [2.05, 4.69) is 24.1 Å². The van der Waals surface area contributed by atoms with Crippen LogP contribution in [0.2, 0.25) is 0 Å². The molecule has 0 aromatic heterocycles. The average Bonchev–Trinajstić information content (AvgIpc) is 2.11. The lowest BCUT2D eigenvalue weighted by Crippen LogP contribution is -2.52. The van der Waals surface area contributed by atoms with Gasteiger partial charge in [-0.3, -0.25) is 4.90 Å². The predicted octanol–water partition coefficient (Wildman–Crippen LogP) is 2.28. The van der Waals surface area contributed by atoms with E-state index in [-0.39, 0.29) is 12.4 Å². The smallest absolute Gasteiger partial charge is 0.0167 e.